The van der Waals surface area contributed by atoms with Crippen LogP contribution in [0.4, 0.5) is 38.2 Å². The van der Waals surface area contributed by atoms with Gasteiger partial charge in [0.2, 0.25) is 11.9 Å². The van der Waals surface area contributed by atoms with Gasteiger partial charge in [0.15, 0.2) is 13.7 Å². The van der Waals surface area contributed by atoms with E-state index in [2.05, 4.69) is 25.6 Å². The van der Waals surface area contributed by atoms with Crippen LogP contribution in [0.25, 0.3) is 5.57 Å². The lowest BCUT2D eigenvalue weighted by molar-refractivity contribution is -0.143. The lowest BCUT2D eigenvalue weighted by Gasteiger charge is -2.35. The fourth-order valence-corrected chi connectivity index (χ4v) is 3.68. The number of halogens is 6. The molecule has 1 fully saturated rings. The molecule has 1 aromatic heterocycles. The Bertz CT molecular complexity index is 839. The van der Waals surface area contributed by atoms with Crippen LogP contribution >= 0.6 is 0 Å². The Balaban J connectivity index is 1.98. The van der Waals surface area contributed by atoms with Gasteiger partial charge in [-0.3, -0.25) is 0 Å². The van der Waals surface area contributed by atoms with Gasteiger partial charge in [-0.25, -0.2) is 13.2 Å². The number of rotatable bonds is 6. The normalized spacial score (nSPS) is 25.5. The summed E-state index contributed by atoms with van der Waals surface area (Å²) in [6.07, 6.45) is -4.43. The van der Waals surface area contributed by atoms with Crippen molar-refractivity contribution in [3.63, 3.8) is 0 Å². The van der Waals surface area contributed by atoms with Crippen molar-refractivity contribution in [3.8, 4) is 0 Å². The minimum Gasteiger partial charge on any atom is -0.392 e. The predicted molar refractivity (Wildman–Crippen MR) is 105 cm³/mol. The van der Waals surface area contributed by atoms with Gasteiger partial charge in [-0.1, -0.05) is 13.3 Å². The molecule has 0 spiro atoms. The van der Waals surface area contributed by atoms with Gasteiger partial charge >= 0.3 is 6.18 Å². The van der Waals surface area contributed by atoms with Crippen LogP contribution in [0, 0.1) is 0 Å². The van der Waals surface area contributed by atoms with Crippen molar-refractivity contribution in [3.05, 3.63) is 11.7 Å². The molecule has 0 amide bonds. The standard InChI is InChI=1S/C18H24BF6N5O/c1-2-11(18(23,24)25)27-15-29-13(10-5-3-4-6-17(19,31)12(10)20)28-14(30-15)26-9-7-16(21,22)8-9/h9,11,31H,2-8,19H2,1H3,(H2,26,27,28,29,30)/t11-,17?/m1/s1. The summed E-state index contributed by atoms with van der Waals surface area (Å²) < 4.78 is 80.9. The molecular weight excluding hydrogens is 427 g/mol. The Morgan fingerprint density at radius 1 is 1.16 bits per heavy atom. The Morgan fingerprint density at radius 2 is 1.81 bits per heavy atom. The third-order valence-electron chi connectivity index (χ3n) is 5.51. The van der Waals surface area contributed by atoms with Gasteiger partial charge in [0.25, 0.3) is 5.92 Å². The average Bonchev–Trinajstić information content (AvgIpc) is 2.75. The largest absolute Gasteiger partial charge is 0.408 e. The first-order valence-corrected chi connectivity index (χ1v) is 10.2. The van der Waals surface area contributed by atoms with E-state index >= 15 is 4.39 Å². The van der Waals surface area contributed by atoms with Crippen molar-refractivity contribution in [2.75, 3.05) is 10.6 Å². The smallest absolute Gasteiger partial charge is 0.392 e. The van der Waals surface area contributed by atoms with Crippen LogP contribution in [0.1, 0.15) is 57.7 Å². The molecule has 13 heteroatoms. The Hall–Kier alpha value is -2.05. The van der Waals surface area contributed by atoms with Crippen molar-refractivity contribution in [2.45, 2.75) is 81.6 Å². The molecule has 1 saturated carbocycles. The SMILES string of the molecule is BC1(O)CCCCC(c2nc(NC3CC(F)(F)C3)nc(N[C@H](CC)C(F)(F)F)n2)=C1F. The molecule has 1 heterocycles. The van der Waals surface area contributed by atoms with Crippen LogP contribution in [-0.2, 0) is 0 Å². The van der Waals surface area contributed by atoms with E-state index in [0.29, 0.717) is 12.8 Å². The van der Waals surface area contributed by atoms with Gasteiger partial charge in [0, 0.05) is 24.5 Å². The van der Waals surface area contributed by atoms with Gasteiger partial charge < -0.3 is 15.7 Å². The van der Waals surface area contributed by atoms with E-state index in [1.54, 1.807) is 0 Å². The number of anilines is 2. The molecule has 0 aromatic carbocycles. The summed E-state index contributed by atoms with van der Waals surface area (Å²) >= 11 is 0. The maximum atomic E-state index is 15.0. The van der Waals surface area contributed by atoms with Crippen LogP contribution in [0.3, 0.4) is 0 Å². The molecule has 2 atom stereocenters. The topological polar surface area (TPSA) is 83.0 Å². The molecule has 2 aliphatic carbocycles. The molecule has 0 bridgehead atoms. The second-order valence-electron chi connectivity index (χ2n) is 8.33. The first-order valence-electron chi connectivity index (χ1n) is 10.2. The van der Waals surface area contributed by atoms with Gasteiger partial charge in [0.05, 0.1) is 5.50 Å². The van der Waals surface area contributed by atoms with Crippen molar-refractivity contribution >= 4 is 25.3 Å². The number of aliphatic hydroxyl groups is 1. The number of hydrogen-bond donors (Lipinski definition) is 3. The van der Waals surface area contributed by atoms with Gasteiger partial charge in [-0.15, -0.1) is 0 Å². The predicted octanol–water partition coefficient (Wildman–Crippen LogP) is 3.41. The van der Waals surface area contributed by atoms with Crippen molar-refractivity contribution in [1.29, 1.82) is 0 Å². The highest BCUT2D eigenvalue weighted by Crippen LogP contribution is 2.39. The van der Waals surface area contributed by atoms with Crippen LogP contribution in [0.5, 0.6) is 0 Å². The van der Waals surface area contributed by atoms with Crippen molar-refractivity contribution < 1.29 is 31.4 Å². The molecule has 0 saturated heterocycles. The number of nitrogens with zero attached hydrogens (tertiary/aromatic N) is 3. The van der Waals surface area contributed by atoms with E-state index in [0.717, 1.165) is 0 Å². The van der Waals surface area contributed by atoms with E-state index in [1.165, 1.54) is 14.8 Å². The average molecular weight is 451 g/mol. The highest BCUT2D eigenvalue weighted by Gasteiger charge is 2.46. The van der Waals surface area contributed by atoms with Gasteiger partial charge in [0.1, 0.15) is 11.9 Å². The maximum Gasteiger partial charge on any atom is 0.408 e. The third-order valence-corrected chi connectivity index (χ3v) is 5.51. The molecule has 0 radical (unpaired) electrons. The van der Waals surface area contributed by atoms with Crippen LogP contribution in [-0.4, -0.2) is 57.6 Å². The number of alkyl halides is 5. The minimum absolute atomic E-state index is 0.0324. The molecule has 3 N–H and O–H groups in total. The highest BCUT2D eigenvalue weighted by atomic mass is 19.4. The summed E-state index contributed by atoms with van der Waals surface area (Å²) in [5.41, 5.74) is -1.79. The van der Waals surface area contributed by atoms with Crippen LogP contribution < -0.4 is 10.6 Å². The zero-order valence-corrected chi connectivity index (χ0v) is 17.2. The van der Waals surface area contributed by atoms with E-state index < -0.39 is 54.3 Å². The molecule has 172 valence electrons. The lowest BCUT2D eigenvalue weighted by atomic mass is 9.76. The second-order valence-corrected chi connectivity index (χ2v) is 8.33. The Morgan fingerprint density at radius 3 is 2.39 bits per heavy atom. The lowest BCUT2D eigenvalue weighted by Crippen LogP contribution is -2.44. The quantitative estimate of drug-likeness (QED) is 0.455. The summed E-state index contributed by atoms with van der Waals surface area (Å²) in [5.74, 6) is -4.59. The van der Waals surface area contributed by atoms with Gasteiger partial charge in [-0.05, 0) is 25.7 Å². The molecule has 6 nitrogen and oxygen atoms in total. The van der Waals surface area contributed by atoms with Crippen LogP contribution in [0.15, 0.2) is 5.83 Å². The summed E-state index contributed by atoms with van der Waals surface area (Å²) in [7, 11) is 1.31. The Labute approximate surface area is 176 Å². The Kier molecular flexibility index (Phi) is 6.46. The molecule has 2 aliphatic rings. The number of allylic oxidation sites excluding steroid dienone is 1. The van der Waals surface area contributed by atoms with E-state index in [1.807, 2.05) is 0 Å². The number of hydrogen-bond acceptors (Lipinski definition) is 6. The zero-order chi connectivity index (χ0) is 23.0. The minimum atomic E-state index is -4.58. The van der Waals surface area contributed by atoms with E-state index in [9.17, 15) is 27.1 Å². The summed E-state index contributed by atoms with van der Waals surface area (Å²) in [6.45, 7) is 1.33. The highest BCUT2D eigenvalue weighted by molar-refractivity contribution is 6.17. The summed E-state index contributed by atoms with van der Waals surface area (Å²) in [6, 6.07) is -2.63. The molecule has 1 aromatic rings. The monoisotopic (exact) mass is 451 g/mol. The third kappa shape index (κ3) is 5.61. The fourth-order valence-electron chi connectivity index (χ4n) is 3.68. The van der Waals surface area contributed by atoms with E-state index in [4.69, 9.17) is 0 Å². The maximum absolute atomic E-state index is 15.0. The van der Waals surface area contributed by atoms with E-state index in [-0.39, 0.29) is 36.6 Å². The molecule has 31 heavy (non-hydrogen) atoms. The summed E-state index contributed by atoms with van der Waals surface area (Å²) in [5, 5.41) is 15.2. The number of nitrogens with one attached hydrogen (secondary N) is 2. The molecule has 0 aliphatic heterocycles. The zero-order valence-electron chi connectivity index (χ0n) is 17.2. The van der Waals surface area contributed by atoms with Crippen molar-refractivity contribution in [2.24, 2.45) is 0 Å². The number of aromatic nitrogens is 3. The van der Waals surface area contributed by atoms with Crippen molar-refractivity contribution in [1.82, 2.24) is 15.0 Å². The fraction of sp³-hybridized carbons (Fsp3) is 0.722. The summed E-state index contributed by atoms with van der Waals surface area (Å²) in [4.78, 5) is 11.9. The molecular formula is C18H24BF6N5O. The first-order chi connectivity index (χ1) is 14.3. The second kappa shape index (κ2) is 8.48. The first kappa shape index (κ1) is 23.6. The van der Waals surface area contributed by atoms with Crippen LogP contribution in [0.2, 0.25) is 0 Å². The van der Waals surface area contributed by atoms with Gasteiger partial charge in [-0.2, -0.15) is 28.1 Å². The molecule has 3 rings (SSSR count). The molecule has 1 unspecified atom stereocenters.